The summed E-state index contributed by atoms with van der Waals surface area (Å²) in [6, 6.07) is 8.39. The number of hydrogen-bond donors (Lipinski definition) is 2. The predicted octanol–water partition coefficient (Wildman–Crippen LogP) is 1.38. The first-order valence-corrected chi connectivity index (χ1v) is 10.2. The lowest BCUT2D eigenvalue weighted by molar-refractivity contribution is -0.113. The summed E-state index contributed by atoms with van der Waals surface area (Å²) >= 11 is 0. The first kappa shape index (κ1) is 18.0. The minimum Gasteiger partial charge on any atom is -0.345 e. The summed E-state index contributed by atoms with van der Waals surface area (Å²) in [5.41, 5.74) is 0.292. The summed E-state index contributed by atoms with van der Waals surface area (Å²) in [6.07, 6.45) is 0.984. The van der Waals surface area contributed by atoms with Crippen LogP contribution in [0.2, 0.25) is 0 Å². The zero-order valence-corrected chi connectivity index (χ0v) is 14.6. The van der Waals surface area contributed by atoms with Crippen molar-refractivity contribution in [3.8, 4) is 0 Å². The molecule has 0 spiro atoms. The smallest absolute Gasteiger partial charge is 0.285 e. The summed E-state index contributed by atoms with van der Waals surface area (Å²) < 4.78 is 65.0. The normalized spacial score (nSPS) is 15.0. The fraction of sp³-hybridized carbons (Fsp3) is 0.0667. The van der Waals surface area contributed by atoms with Crippen molar-refractivity contribution < 1.29 is 26.0 Å². The monoisotopic (exact) mass is 397 g/mol. The maximum absolute atomic E-state index is 13.1. The second-order valence-electron chi connectivity index (χ2n) is 5.33. The number of rotatable bonds is 4. The SMILES string of the molecule is O=C(CS(=O)(=O)c1ccc2c(c1)S(=O)(=O)N=CN2)Nc1cccc(F)c1. The Morgan fingerprint density at radius 1 is 1.19 bits per heavy atom. The average molecular weight is 397 g/mol. The van der Waals surface area contributed by atoms with Gasteiger partial charge in [0.25, 0.3) is 10.0 Å². The van der Waals surface area contributed by atoms with Crippen LogP contribution >= 0.6 is 0 Å². The van der Waals surface area contributed by atoms with E-state index in [1.54, 1.807) is 0 Å². The fourth-order valence-electron chi connectivity index (χ4n) is 2.27. The van der Waals surface area contributed by atoms with E-state index in [4.69, 9.17) is 0 Å². The van der Waals surface area contributed by atoms with Gasteiger partial charge in [0.15, 0.2) is 9.84 Å². The van der Waals surface area contributed by atoms with Crippen molar-refractivity contribution in [2.75, 3.05) is 16.4 Å². The van der Waals surface area contributed by atoms with Gasteiger partial charge in [0.1, 0.15) is 22.8 Å². The molecule has 26 heavy (non-hydrogen) atoms. The molecule has 0 radical (unpaired) electrons. The van der Waals surface area contributed by atoms with Crippen LogP contribution in [0.15, 0.2) is 56.7 Å². The number of hydrogen-bond acceptors (Lipinski definition) is 6. The summed E-state index contributed by atoms with van der Waals surface area (Å²) in [4.78, 5) is 11.3. The number of halogens is 1. The second kappa shape index (κ2) is 6.50. The standard InChI is InChI=1S/C15H12FN3O5S2/c16-10-2-1-3-11(6-10)19-15(20)8-25(21,22)12-4-5-13-14(7-12)26(23,24)18-9-17-13/h1-7,9H,8H2,(H,17,18)(H,19,20). The quantitative estimate of drug-likeness (QED) is 0.804. The zero-order chi connectivity index (χ0) is 18.9. The highest BCUT2D eigenvalue weighted by atomic mass is 32.2. The van der Waals surface area contributed by atoms with Crippen molar-refractivity contribution >= 4 is 43.5 Å². The van der Waals surface area contributed by atoms with E-state index in [0.717, 1.165) is 18.5 Å². The molecule has 1 amide bonds. The van der Waals surface area contributed by atoms with Crippen molar-refractivity contribution in [3.05, 3.63) is 48.3 Å². The second-order valence-corrected chi connectivity index (χ2v) is 8.92. The van der Waals surface area contributed by atoms with Gasteiger partial charge in [0, 0.05) is 5.69 Å². The third-order valence-corrected chi connectivity index (χ3v) is 6.32. The van der Waals surface area contributed by atoms with Crippen molar-refractivity contribution in [1.29, 1.82) is 0 Å². The lowest BCUT2D eigenvalue weighted by Gasteiger charge is -2.13. The number of carbonyl (C=O) groups excluding carboxylic acids is 1. The Morgan fingerprint density at radius 2 is 1.96 bits per heavy atom. The Balaban J connectivity index is 1.84. The number of fused-ring (bicyclic) bond motifs is 1. The molecule has 3 rings (SSSR count). The van der Waals surface area contributed by atoms with Crippen molar-refractivity contribution in [2.24, 2.45) is 4.40 Å². The van der Waals surface area contributed by atoms with E-state index in [1.807, 2.05) is 0 Å². The van der Waals surface area contributed by atoms with Gasteiger partial charge in [-0.05, 0) is 36.4 Å². The molecule has 136 valence electrons. The van der Waals surface area contributed by atoms with Crippen LogP contribution in [0.3, 0.4) is 0 Å². The number of sulfone groups is 1. The Kier molecular flexibility index (Phi) is 4.50. The number of anilines is 2. The number of amides is 1. The van der Waals surface area contributed by atoms with E-state index in [9.17, 15) is 26.0 Å². The number of nitrogens with zero attached hydrogens (tertiary/aromatic N) is 1. The topological polar surface area (TPSA) is 122 Å². The molecule has 0 aliphatic carbocycles. The molecule has 0 atom stereocenters. The molecule has 2 aromatic carbocycles. The average Bonchev–Trinajstić information content (AvgIpc) is 2.53. The molecule has 1 heterocycles. The van der Waals surface area contributed by atoms with Gasteiger partial charge < -0.3 is 10.6 Å². The van der Waals surface area contributed by atoms with Gasteiger partial charge in [-0.3, -0.25) is 4.79 Å². The van der Waals surface area contributed by atoms with Gasteiger partial charge in [-0.15, -0.1) is 4.40 Å². The van der Waals surface area contributed by atoms with E-state index >= 15 is 0 Å². The molecule has 0 saturated heterocycles. The Labute approximate surface area is 148 Å². The first-order valence-electron chi connectivity index (χ1n) is 7.15. The molecule has 1 aliphatic rings. The third-order valence-electron chi connectivity index (χ3n) is 3.43. The van der Waals surface area contributed by atoms with Crippen molar-refractivity contribution in [3.63, 3.8) is 0 Å². The van der Waals surface area contributed by atoms with Crippen molar-refractivity contribution in [1.82, 2.24) is 0 Å². The van der Waals surface area contributed by atoms with Gasteiger partial charge in [-0.1, -0.05) is 6.07 Å². The minimum absolute atomic E-state index is 0.108. The van der Waals surface area contributed by atoms with Crippen LogP contribution in [0.25, 0.3) is 0 Å². The summed E-state index contributed by atoms with van der Waals surface area (Å²) in [7, 11) is -8.13. The van der Waals surface area contributed by atoms with Gasteiger partial charge >= 0.3 is 0 Å². The highest BCUT2D eigenvalue weighted by Gasteiger charge is 2.26. The molecule has 8 nitrogen and oxygen atoms in total. The predicted molar refractivity (Wildman–Crippen MR) is 92.8 cm³/mol. The van der Waals surface area contributed by atoms with E-state index in [2.05, 4.69) is 15.0 Å². The summed E-state index contributed by atoms with van der Waals surface area (Å²) in [6.45, 7) is 0. The highest BCUT2D eigenvalue weighted by molar-refractivity contribution is 7.92. The molecule has 0 saturated carbocycles. The molecule has 11 heteroatoms. The van der Waals surface area contributed by atoms with Gasteiger partial charge in [-0.2, -0.15) is 8.42 Å². The Bertz CT molecular complexity index is 1130. The number of carbonyl (C=O) groups is 1. The number of benzene rings is 2. The molecule has 0 unspecified atom stereocenters. The summed E-state index contributed by atoms with van der Waals surface area (Å²) in [5, 5.41) is 4.87. The van der Waals surface area contributed by atoms with E-state index in [1.165, 1.54) is 30.3 Å². The van der Waals surface area contributed by atoms with Crippen LogP contribution in [-0.4, -0.2) is 34.8 Å². The van der Waals surface area contributed by atoms with Crippen LogP contribution in [0.4, 0.5) is 15.8 Å². The van der Waals surface area contributed by atoms with E-state index in [-0.39, 0.29) is 21.2 Å². The third kappa shape index (κ3) is 3.73. The fourth-order valence-corrected chi connectivity index (χ4v) is 4.49. The molecule has 1 aliphatic heterocycles. The first-order chi connectivity index (χ1) is 12.2. The molecule has 0 aromatic heterocycles. The molecule has 2 aromatic rings. The lowest BCUT2D eigenvalue weighted by Crippen LogP contribution is -2.23. The minimum atomic E-state index is -4.12. The van der Waals surface area contributed by atoms with Crippen LogP contribution < -0.4 is 10.6 Å². The lowest BCUT2D eigenvalue weighted by atomic mass is 10.3. The Morgan fingerprint density at radius 3 is 2.69 bits per heavy atom. The Hall–Kier alpha value is -2.79. The van der Waals surface area contributed by atoms with E-state index in [0.29, 0.717) is 0 Å². The van der Waals surface area contributed by atoms with Gasteiger partial charge in [-0.25, -0.2) is 12.8 Å². The highest BCUT2D eigenvalue weighted by Crippen LogP contribution is 2.28. The molecule has 2 N–H and O–H groups in total. The zero-order valence-electron chi connectivity index (χ0n) is 13.0. The number of nitrogens with one attached hydrogen (secondary N) is 2. The van der Waals surface area contributed by atoms with E-state index < -0.39 is 37.3 Å². The maximum atomic E-state index is 13.1. The molecule has 0 bridgehead atoms. The number of sulfonamides is 1. The molecular formula is C15H12FN3O5S2. The molecule has 0 fully saturated rings. The van der Waals surface area contributed by atoms with Gasteiger partial charge in [0.05, 0.1) is 10.6 Å². The maximum Gasteiger partial charge on any atom is 0.285 e. The van der Waals surface area contributed by atoms with Crippen LogP contribution in [0, 0.1) is 5.82 Å². The van der Waals surface area contributed by atoms with Crippen molar-refractivity contribution in [2.45, 2.75) is 9.79 Å². The van der Waals surface area contributed by atoms with Crippen LogP contribution in [0.5, 0.6) is 0 Å². The summed E-state index contributed by atoms with van der Waals surface area (Å²) in [5.74, 6) is -2.40. The van der Waals surface area contributed by atoms with Gasteiger partial charge in [0.2, 0.25) is 5.91 Å². The largest absolute Gasteiger partial charge is 0.345 e. The van der Waals surface area contributed by atoms with Crippen LogP contribution in [0.1, 0.15) is 0 Å². The molecular weight excluding hydrogens is 385 g/mol. The van der Waals surface area contributed by atoms with Crippen LogP contribution in [-0.2, 0) is 24.7 Å².